The molecule has 1 rings (SSSR count). The summed E-state index contributed by atoms with van der Waals surface area (Å²) in [5.74, 6) is 0.635. The Morgan fingerprint density at radius 1 is 1.46 bits per heavy atom. The van der Waals surface area contributed by atoms with Crippen LogP contribution in [0.15, 0.2) is 12.7 Å². The lowest BCUT2D eigenvalue weighted by atomic mass is 9.84. The van der Waals surface area contributed by atoms with Gasteiger partial charge in [-0.25, -0.2) is 0 Å². The minimum Gasteiger partial charge on any atom is -0.350 e. The quantitative estimate of drug-likeness (QED) is 0.665. The summed E-state index contributed by atoms with van der Waals surface area (Å²) in [5.41, 5.74) is 0. The molecule has 13 heavy (non-hydrogen) atoms. The molecule has 0 spiro atoms. The molecule has 74 valence electrons. The van der Waals surface area contributed by atoms with Gasteiger partial charge in [0.1, 0.15) is 0 Å². The average Bonchev–Trinajstić information content (AvgIpc) is 2.19. The van der Waals surface area contributed by atoms with E-state index in [2.05, 4.69) is 18.8 Å². The van der Waals surface area contributed by atoms with Gasteiger partial charge in [-0.3, -0.25) is 4.79 Å². The lowest BCUT2D eigenvalue weighted by Crippen LogP contribution is -2.37. The van der Waals surface area contributed by atoms with Gasteiger partial charge in [-0.2, -0.15) is 0 Å². The fourth-order valence-corrected chi connectivity index (χ4v) is 2.04. The maximum atomic E-state index is 11.0. The second-order valence-corrected chi connectivity index (χ2v) is 3.90. The van der Waals surface area contributed by atoms with E-state index in [0.717, 1.165) is 0 Å². The van der Waals surface area contributed by atoms with Crippen LogP contribution in [0.3, 0.4) is 0 Å². The van der Waals surface area contributed by atoms with Crippen molar-refractivity contribution in [3.05, 3.63) is 12.7 Å². The minimum atomic E-state index is -0.0435. The second kappa shape index (κ2) is 5.05. The Morgan fingerprint density at radius 3 is 2.62 bits per heavy atom. The Morgan fingerprint density at radius 2 is 2.08 bits per heavy atom. The Labute approximate surface area is 80.4 Å². The van der Waals surface area contributed by atoms with Gasteiger partial charge in [0.05, 0.1) is 0 Å². The molecule has 0 radical (unpaired) electrons. The zero-order valence-electron chi connectivity index (χ0n) is 8.38. The Hall–Kier alpha value is -0.790. The molecule has 0 aromatic carbocycles. The summed E-state index contributed by atoms with van der Waals surface area (Å²) in [6.45, 7) is 5.54. The van der Waals surface area contributed by atoms with Crippen LogP contribution < -0.4 is 5.32 Å². The summed E-state index contributed by atoms with van der Waals surface area (Å²) in [6, 6.07) is 0.311. The normalized spacial score (nSPS) is 20.7. The Bertz CT molecular complexity index is 183. The first-order chi connectivity index (χ1) is 6.24. The molecule has 1 unspecified atom stereocenters. The SMILES string of the molecule is C=CC(=O)NC(C)C1CCCCC1. The highest BCUT2D eigenvalue weighted by molar-refractivity contribution is 5.87. The van der Waals surface area contributed by atoms with Crippen LogP contribution in [0.1, 0.15) is 39.0 Å². The van der Waals surface area contributed by atoms with E-state index in [1.54, 1.807) is 0 Å². The van der Waals surface area contributed by atoms with Crippen molar-refractivity contribution in [2.45, 2.75) is 45.1 Å². The average molecular weight is 181 g/mol. The largest absolute Gasteiger partial charge is 0.350 e. The van der Waals surface area contributed by atoms with E-state index in [-0.39, 0.29) is 5.91 Å². The molecule has 1 atom stereocenters. The molecule has 0 heterocycles. The van der Waals surface area contributed by atoms with Crippen LogP contribution >= 0.6 is 0 Å². The second-order valence-electron chi connectivity index (χ2n) is 3.90. The lowest BCUT2D eigenvalue weighted by Gasteiger charge is -2.27. The van der Waals surface area contributed by atoms with Crippen molar-refractivity contribution < 1.29 is 4.79 Å². The molecule has 0 bridgehead atoms. The van der Waals surface area contributed by atoms with Crippen molar-refractivity contribution in [2.75, 3.05) is 0 Å². The van der Waals surface area contributed by atoms with Gasteiger partial charge in [0, 0.05) is 6.04 Å². The summed E-state index contributed by atoms with van der Waals surface area (Å²) < 4.78 is 0. The van der Waals surface area contributed by atoms with E-state index in [9.17, 15) is 4.79 Å². The maximum absolute atomic E-state index is 11.0. The summed E-state index contributed by atoms with van der Waals surface area (Å²) in [6.07, 6.45) is 7.87. The van der Waals surface area contributed by atoms with Crippen molar-refractivity contribution in [1.29, 1.82) is 0 Å². The predicted molar refractivity (Wildman–Crippen MR) is 54.4 cm³/mol. The number of hydrogen-bond acceptors (Lipinski definition) is 1. The molecule has 1 saturated carbocycles. The van der Waals surface area contributed by atoms with Crippen molar-refractivity contribution in [2.24, 2.45) is 5.92 Å². The molecule has 0 aromatic heterocycles. The molecule has 1 aliphatic rings. The first-order valence-corrected chi connectivity index (χ1v) is 5.17. The number of carbonyl (C=O) groups excluding carboxylic acids is 1. The molecular weight excluding hydrogens is 162 g/mol. The maximum Gasteiger partial charge on any atom is 0.243 e. The van der Waals surface area contributed by atoms with Crippen LogP contribution in [0.4, 0.5) is 0 Å². The van der Waals surface area contributed by atoms with Crippen molar-refractivity contribution in [1.82, 2.24) is 5.32 Å². The van der Waals surface area contributed by atoms with Gasteiger partial charge in [0.15, 0.2) is 0 Å². The zero-order valence-corrected chi connectivity index (χ0v) is 8.38. The smallest absolute Gasteiger partial charge is 0.243 e. The molecule has 0 saturated heterocycles. The van der Waals surface area contributed by atoms with Crippen LogP contribution in [0.25, 0.3) is 0 Å². The van der Waals surface area contributed by atoms with Gasteiger partial charge >= 0.3 is 0 Å². The summed E-state index contributed by atoms with van der Waals surface area (Å²) in [5, 5.41) is 2.94. The van der Waals surface area contributed by atoms with E-state index in [0.29, 0.717) is 12.0 Å². The first-order valence-electron chi connectivity index (χ1n) is 5.17. The monoisotopic (exact) mass is 181 g/mol. The summed E-state index contributed by atoms with van der Waals surface area (Å²) in [7, 11) is 0. The number of rotatable bonds is 3. The number of hydrogen-bond donors (Lipinski definition) is 1. The van der Waals surface area contributed by atoms with Gasteiger partial charge < -0.3 is 5.32 Å². The lowest BCUT2D eigenvalue weighted by molar-refractivity contribution is -0.117. The van der Waals surface area contributed by atoms with Gasteiger partial charge in [-0.05, 0) is 31.8 Å². The van der Waals surface area contributed by atoms with Crippen molar-refractivity contribution in [3.63, 3.8) is 0 Å². The molecule has 0 aliphatic heterocycles. The van der Waals surface area contributed by atoms with Gasteiger partial charge in [0.25, 0.3) is 0 Å². The summed E-state index contributed by atoms with van der Waals surface area (Å²) >= 11 is 0. The van der Waals surface area contributed by atoms with Crippen molar-refractivity contribution >= 4 is 5.91 Å². The molecule has 2 heteroatoms. The molecule has 1 amide bonds. The van der Waals surface area contributed by atoms with E-state index in [1.807, 2.05) is 0 Å². The minimum absolute atomic E-state index is 0.0435. The topological polar surface area (TPSA) is 29.1 Å². The van der Waals surface area contributed by atoms with Crippen LogP contribution in [-0.2, 0) is 4.79 Å². The van der Waals surface area contributed by atoms with E-state index in [1.165, 1.54) is 38.2 Å². The fourth-order valence-electron chi connectivity index (χ4n) is 2.04. The Balaban J connectivity index is 2.32. The highest BCUT2D eigenvalue weighted by atomic mass is 16.1. The van der Waals surface area contributed by atoms with E-state index in [4.69, 9.17) is 0 Å². The van der Waals surface area contributed by atoms with Crippen LogP contribution in [0.5, 0.6) is 0 Å². The summed E-state index contributed by atoms with van der Waals surface area (Å²) in [4.78, 5) is 11.0. The highest BCUT2D eigenvalue weighted by Crippen LogP contribution is 2.26. The van der Waals surface area contributed by atoms with Crippen LogP contribution in [-0.4, -0.2) is 11.9 Å². The van der Waals surface area contributed by atoms with E-state index >= 15 is 0 Å². The van der Waals surface area contributed by atoms with Crippen LogP contribution in [0, 0.1) is 5.92 Å². The molecule has 0 aromatic rings. The van der Waals surface area contributed by atoms with E-state index < -0.39 is 0 Å². The third kappa shape index (κ3) is 3.21. The molecule has 1 N–H and O–H groups in total. The number of carbonyl (C=O) groups is 1. The molecular formula is C11H19NO. The van der Waals surface area contributed by atoms with Gasteiger partial charge in [0.2, 0.25) is 5.91 Å². The third-order valence-electron chi connectivity index (χ3n) is 2.91. The molecule has 2 nitrogen and oxygen atoms in total. The van der Waals surface area contributed by atoms with Crippen molar-refractivity contribution in [3.8, 4) is 0 Å². The number of nitrogens with one attached hydrogen (secondary N) is 1. The fraction of sp³-hybridized carbons (Fsp3) is 0.727. The third-order valence-corrected chi connectivity index (χ3v) is 2.91. The highest BCUT2D eigenvalue weighted by Gasteiger charge is 2.20. The zero-order chi connectivity index (χ0) is 9.68. The predicted octanol–water partition coefficient (Wildman–Crippen LogP) is 2.26. The van der Waals surface area contributed by atoms with Crippen LogP contribution in [0.2, 0.25) is 0 Å². The van der Waals surface area contributed by atoms with Gasteiger partial charge in [-0.15, -0.1) is 0 Å². The van der Waals surface area contributed by atoms with Gasteiger partial charge in [-0.1, -0.05) is 25.8 Å². The molecule has 1 aliphatic carbocycles. The first kappa shape index (κ1) is 10.3. The number of amides is 1. The Kier molecular flexibility index (Phi) is 4.00. The standard InChI is InChI=1S/C11H19NO/c1-3-11(13)12-9(2)10-7-5-4-6-8-10/h3,9-10H,1,4-8H2,2H3,(H,12,13). The molecule has 1 fully saturated rings.